The maximum Gasteiger partial charge on any atom is 0.306 e. The Labute approximate surface area is 407 Å². The van der Waals surface area contributed by atoms with Crippen LogP contribution in [-0.4, -0.2) is 37.2 Å². The highest BCUT2D eigenvalue weighted by Gasteiger charge is 2.19. The summed E-state index contributed by atoms with van der Waals surface area (Å²) < 4.78 is 16.8. The van der Waals surface area contributed by atoms with Crippen LogP contribution >= 0.6 is 0 Å². The molecule has 0 saturated carbocycles. The van der Waals surface area contributed by atoms with Crippen molar-refractivity contribution in [2.75, 3.05) is 13.2 Å². The molecule has 0 aliphatic rings. The Bertz CT molecular complexity index is 1290. The average molecular weight is 919 g/mol. The van der Waals surface area contributed by atoms with Gasteiger partial charge in [0.15, 0.2) is 6.10 Å². The molecule has 0 fully saturated rings. The van der Waals surface area contributed by atoms with Gasteiger partial charge in [0.05, 0.1) is 0 Å². The average Bonchev–Trinajstić information content (AvgIpc) is 3.31. The van der Waals surface area contributed by atoms with Crippen molar-refractivity contribution >= 4 is 17.9 Å². The van der Waals surface area contributed by atoms with E-state index >= 15 is 0 Å². The summed E-state index contributed by atoms with van der Waals surface area (Å²) in [4.78, 5) is 38.1. The molecule has 0 saturated heterocycles. The van der Waals surface area contributed by atoms with Crippen molar-refractivity contribution in [1.29, 1.82) is 0 Å². The van der Waals surface area contributed by atoms with Gasteiger partial charge in [-0.25, -0.2) is 0 Å². The van der Waals surface area contributed by atoms with Crippen LogP contribution in [0.2, 0.25) is 0 Å². The first kappa shape index (κ1) is 62.6. The molecule has 0 spiro atoms. The Kier molecular flexibility index (Phi) is 51.4. The molecular formula is C60H102O6. The minimum absolute atomic E-state index is 0.0986. The molecule has 0 aliphatic heterocycles. The van der Waals surface area contributed by atoms with Crippen molar-refractivity contribution in [1.82, 2.24) is 0 Å². The molecule has 66 heavy (non-hydrogen) atoms. The Hall–Kier alpha value is -3.41. The van der Waals surface area contributed by atoms with Crippen molar-refractivity contribution in [3.05, 3.63) is 85.1 Å². The molecule has 0 N–H and O–H groups in total. The maximum absolute atomic E-state index is 12.8. The van der Waals surface area contributed by atoms with E-state index in [1.165, 1.54) is 103 Å². The lowest BCUT2D eigenvalue weighted by Crippen LogP contribution is -2.30. The van der Waals surface area contributed by atoms with E-state index < -0.39 is 6.10 Å². The summed E-state index contributed by atoms with van der Waals surface area (Å²) in [6.07, 6.45) is 69.9. The molecule has 378 valence electrons. The van der Waals surface area contributed by atoms with Crippen LogP contribution in [-0.2, 0) is 28.6 Å². The number of esters is 3. The fraction of sp³-hybridized carbons (Fsp3) is 0.717. The minimum atomic E-state index is -0.803. The van der Waals surface area contributed by atoms with E-state index in [0.717, 1.165) is 116 Å². The highest BCUT2D eigenvalue weighted by atomic mass is 16.6. The normalized spacial score (nSPS) is 12.7. The molecule has 0 radical (unpaired) electrons. The van der Waals surface area contributed by atoms with Gasteiger partial charge >= 0.3 is 17.9 Å². The minimum Gasteiger partial charge on any atom is -0.462 e. The van der Waals surface area contributed by atoms with Gasteiger partial charge in [0.25, 0.3) is 0 Å². The Morgan fingerprint density at radius 1 is 0.333 bits per heavy atom. The second kappa shape index (κ2) is 54.2. The van der Waals surface area contributed by atoms with Gasteiger partial charge in [0.2, 0.25) is 0 Å². The number of ether oxygens (including phenoxy) is 3. The van der Waals surface area contributed by atoms with Crippen LogP contribution in [0.1, 0.15) is 258 Å². The number of carbonyl (C=O) groups excluding carboxylic acids is 3. The summed E-state index contributed by atoms with van der Waals surface area (Å²) in [6, 6.07) is 0. The summed E-state index contributed by atoms with van der Waals surface area (Å²) in [7, 11) is 0. The molecule has 1 unspecified atom stereocenters. The number of unbranched alkanes of at least 4 members (excludes halogenated alkanes) is 27. The van der Waals surface area contributed by atoms with Crippen molar-refractivity contribution in [2.45, 2.75) is 264 Å². The van der Waals surface area contributed by atoms with E-state index in [-0.39, 0.29) is 37.5 Å². The lowest BCUT2D eigenvalue weighted by molar-refractivity contribution is -0.167. The number of carbonyl (C=O) groups is 3. The topological polar surface area (TPSA) is 78.9 Å². The molecule has 0 heterocycles. The zero-order chi connectivity index (χ0) is 47.9. The SMILES string of the molecule is CC/C=C\C/C=C\CCCCCCCCCC(=O)OCC(COC(=O)CCCCCCC\C=C/C=C\C=C/CCCCCCC)OC(=O)CCCCC/C=C\C=C/CCCCCCCCC. The van der Waals surface area contributed by atoms with Gasteiger partial charge < -0.3 is 14.2 Å². The second-order valence-corrected chi connectivity index (χ2v) is 18.2. The molecule has 6 nitrogen and oxygen atoms in total. The van der Waals surface area contributed by atoms with Gasteiger partial charge in [-0.1, -0.05) is 228 Å². The van der Waals surface area contributed by atoms with E-state index in [2.05, 4.69) is 106 Å². The highest BCUT2D eigenvalue weighted by molar-refractivity contribution is 5.71. The van der Waals surface area contributed by atoms with E-state index in [1.807, 2.05) is 0 Å². The van der Waals surface area contributed by atoms with E-state index in [1.54, 1.807) is 0 Å². The van der Waals surface area contributed by atoms with E-state index in [0.29, 0.717) is 12.8 Å². The van der Waals surface area contributed by atoms with Gasteiger partial charge in [0, 0.05) is 19.3 Å². The van der Waals surface area contributed by atoms with Gasteiger partial charge in [0.1, 0.15) is 13.2 Å². The van der Waals surface area contributed by atoms with Crippen LogP contribution in [0.15, 0.2) is 85.1 Å². The molecule has 0 aliphatic carbocycles. The fourth-order valence-corrected chi connectivity index (χ4v) is 7.53. The van der Waals surface area contributed by atoms with Crippen LogP contribution in [0.3, 0.4) is 0 Å². The predicted molar refractivity (Wildman–Crippen MR) is 284 cm³/mol. The monoisotopic (exact) mass is 919 g/mol. The summed E-state index contributed by atoms with van der Waals surface area (Å²) in [5.74, 6) is -0.950. The first-order chi connectivity index (χ1) is 32.5. The standard InChI is InChI=1S/C60H102O6/c1-4-7-10-13-16-19-22-25-28-30-31-33-35-38-41-44-47-50-53-59(62)65-56-57(55-64-58(61)52-49-46-43-40-37-34-27-24-21-18-15-12-9-6-3)66-60(63)54-51-48-45-42-39-36-32-29-26-23-20-17-14-11-8-5-2/h9,12,18,21-22,25,28-33,36,39,57H,4-8,10-11,13-17,19-20,23-24,26-27,34-35,37-38,40-56H2,1-3H3/b12-9-,21-18-,25-22-,30-28-,32-29-,33-31-,39-36-. The quantitative estimate of drug-likeness (QED) is 0.0199. The van der Waals surface area contributed by atoms with Crippen LogP contribution in [0.4, 0.5) is 0 Å². The van der Waals surface area contributed by atoms with Gasteiger partial charge in [-0.05, 0) is 96.3 Å². The van der Waals surface area contributed by atoms with Gasteiger partial charge in [-0.2, -0.15) is 0 Å². The number of rotatable bonds is 49. The molecule has 6 heteroatoms. The lowest BCUT2D eigenvalue weighted by Gasteiger charge is -2.18. The molecule has 0 amide bonds. The third-order valence-corrected chi connectivity index (χ3v) is 11.7. The van der Waals surface area contributed by atoms with Crippen LogP contribution in [0, 0.1) is 0 Å². The summed E-state index contributed by atoms with van der Waals surface area (Å²) in [6.45, 7) is 6.47. The first-order valence-electron chi connectivity index (χ1n) is 27.6. The number of hydrogen-bond acceptors (Lipinski definition) is 6. The van der Waals surface area contributed by atoms with Crippen LogP contribution in [0.25, 0.3) is 0 Å². The van der Waals surface area contributed by atoms with Crippen LogP contribution in [0.5, 0.6) is 0 Å². The fourth-order valence-electron chi connectivity index (χ4n) is 7.53. The van der Waals surface area contributed by atoms with Gasteiger partial charge in [-0.15, -0.1) is 0 Å². The molecule has 0 aromatic rings. The second-order valence-electron chi connectivity index (χ2n) is 18.2. The maximum atomic E-state index is 12.8. The molecule has 0 aromatic carbocycles. The molecular weight excluding hydrogens is 817 g/mol. The highest BCUT2D eigenvalue weighted by Crippen LogP contribution is 2.14. The Balaban J connectivity index is 4.48. The predicted octanol–water partition coefficient (Wildman–Crippen LogP) is 18.4. The number of hydrogen-bond donors (Lipinski definition) is 0. The van der Waals surface area contributed by atoms with Crippen molar-refractivity contribution in [3.63, 3.8) is 0 Å². The zero-order valence-electron chi connectivity index (χ0n) is 43.2. The number of allylic oxidation sites excluding steroid dienone is 14. The van der Waals surface area contributed by atoms with Crippen molar-refractivity contribution < 1.29 is 28.6 Å². The lowest BCUT2D eigenvalue weighted by atomic mass is 10.1. The largest absolute Gasteiger partial charge is 0.462 e. The van der Waals surface area contributed by atoms with Crippen molar-refractivity contribution in [2.24, 2.45) is 0 Å². The third-order valence-electron chi connectivity index (χ3n) is 11.7. The van der Waals surface area contributed by atoms with Crippen molar-refractivity contribution in [3.8, 4) is 0 Å². The van der Waals surface area contributed by atoms with E-state index in [4.69, 9.17) is 14.2 Å². The van der Waals surface area contributed by atoms with Crippen LogP contribution < -0.4 is 0 Å². The molecule has 0 bridgehead atoms. The molecule has 0 rings (SSSR count). The summed E-state index contributed by atoms with van der Waals surface area (Å²) >= 11 is 0. The molecule has 0 aromatic heterocycles. The smallest absolute Gasteiger partial charge is 0.306 e. The van der Waals surface area contributed by atoms with E-state index in [9.17, 15) is 14.4 Å². The Morgan fingerprint density at radius 3 is 1.06 bits per heavy atom. The first-order valence-corrected chi connectivity index (χ1v) is 27.6. The summed E-state index contributed by atoms with van der Waals surface area (Å²) in [5, 5.41) is 0. The Morgan fingerprint density at radius 2 is 0.652 bits per heavy atom. The summed E-state index contributed by atoms with van der Waals surface area (Å²) in [5.41, 5.74) is 0. The zero-order valence-corrected chi connectivity index (χ0v) is 43.2. The van der Waals surface area contributed by atoms with Gasteiger partial charge in [-0.3, -0.25) is 14.4 Å². The third kappa shape index (κ3) is 51.6. The molecule has 1 atom stereocenters.